The number of esters is 1. The zero-order valence-corrected chi connectivity index (χ0v) is 10.7. The molecule has 0 saturated heterocycles. The van der Waals surface area contributed by atoms with Gasteiger partial charge < -0.3 is 14.6 Å². The van der Waals surface area contributed by atoms with Gasteiger partial charge >= 0.3 is 5.97 Å². The number of ether oxygens (including phenoxy) is 1. The molecule has 0 amide bonds. The van der Waals surface area contributed by atoms with Crippen LogP contribution in [0.1, 0.15) is 41.2 Å². The van der Waals surface area contributed by atoms with Crippen LogP contribution in [-0.4, -0.2) is 30.4 Å². The molecule has 1 aromatic rings. The molecule has 0 spiro atoms. The van der Waals surface area contributed by atoms with Gasteiger partial charge in [-0.1, -0.05) is 5.16 Å². The Kier molecular flexibility index (Phi) is 4.75. The fourth-order valence-corrected chi connectivity index (χ4v) is 1.58. The van der Waals surface area contributed by atoms with Crippen molar-refractivity contribution >= 4 is 12.2 Å². The van der Waals surface area contributed by atoms with E-state index in [1.807, 2.05) is 20.8 Å². The molecule has 0 radical (unpaired) electrons. The van der Waals surface area contributed by atoms with E-state index in [0.29, 0.717) is 18.8 Å². The van der Waals surface area contributed by atoms with Crippen molar-refractivity contribution in [2.45, 2.75) is 27.7 Å². The molecule has 17 heavy (non-hydrogen) atoms. The van der Waals surface area contributed by atoms with Crippen molar-refractivity contribution in [2.24, 2.45) is 5.16 Å². The first-order chi connectivity index (χ1) is 8.11. The lowest BCUT2D eigenvalue weighted by Gasteiger charge is -2.01. The molecule has 0 aliphatic rings. The maximum atomic E-state index is 11.7. The first-order valence-corrected chi connectivity index (χ1v) is 5.63. The Morgan fingerprint density at radius 1 is 1.35 bits per heavy atom. The second-order valence-corrected chi connectivity index (χ2v) is 3.54. The number of rotatable bonds is 5. The molecule has 0 aliphatic carbocycles. The number of H-pyrrole nitrogens is 1. The second kappa shape index (κ2) is 6.08. The Morgan fingerprint density at radius 3 is 2.65 bits per heavy atom. The van der Waals surface area contributed by atoms with E-state index in [0.717, 1.165) is 17.0 Å². The van der Waals surface area contributed by atoms with Gasteiger partial charge in [0.05, 0.1) is 24.1 Å². The number of oxime groups is 1. The van der Waals surface area contributed by atoms with Crippen LogP contribution in [0.4, 0.5) is 0 Å². The average Bonchev–Trinajstić information content (AvgIpc) is 2.55. The first-order valence-electron chi connectivity index (χ1n) is 5.63. The predicted molar refractivity (Wildman–Crippen MR) is 65.4 cm³/mol. The van der Waals surface area contributed by atoms with Gasteiger partial charge in [0.1, 0.15) is 6.61 Å². The summed E-state index contributed by atoms with van der Waals surface area (Å²) in [7, 11) is 0. The summed E-state index contributed by atoms with van der Waals surface area (Å²) < 4.78 is 4.99. The van der Waals surface area contributed by atoms with Crippen molar-refractivity contribution in [3.63, 3.8) is 0 Å². The van der Waals surface area contributed by atoms with Crippen LogP contribution in [0.15, 0.2) is 5.16 Å². The highest BCUT2D eigenvalue weighted by atomic mass is 16.6. The minimum Gasteiger partial charge on any atom is -0.462 e. The van der Waals surface area contributed by atoms with E-state index in [2.05, 4.69) is 10.1 Å². The van der Waals surface area contributed by atoms with Gasteiger partial charge in [0.25, 0.3) is 0 Å². The van der Waals surface area contributed by atoms with Crippen molar-refractivity contribution in [3.8, 4) is 0 Å². The Morgan fingerprint density at radius 2 is 2.06 bits per heavy atom. The molecule has 1 N–H and O–H groups in total. The lowest BCUT2D eigenvalue weighted by molar-refractivity contribution is 0.0525. The Bertz CT molecular complexity index is 422. The fourth-order valence-electron chi connectivity index (χ4n) is 1.58. The number of hydrogen-bond donors (Lipinski definition) is 1. The molecule has 0 fully saturated rings. The molecule has 0 aromatic carbocycles. The van der Waals surface area contributed by atoms with Crippen molar-refractivity contribution in [3.05, 3.63) is 22.5 Å². The average molecular weight is 238 g/mol. The van der Waals surface area contributed by atoms with E-state index in [1.54, 1.807) is 13.1 Å². The van der Waals surface area contributed by atoms with Crippen LogP contribution in [0.5, 0.6) is 0 Å². The lowest BCUT2D eigenvalue weighted by Crippen LogP contribution is -2.06. The third-order valence-corrected chi connectivity index (χ3v) is 2.34. The molecule has 94 valence electrons. The molecule has 5 heteroatoms. The highest BCUT2D eigenvalue weighted by Gasteiger charge is 2.18. The van der Waals surface area contributed by atoms with Gasteiger partial charge in [0.2, 0.25) is 0 Å². The number of nitrogens with zero attached hydrogens (tertiary/aromatic N) is 1. The number of hydrogen-bond acceptors (Lipinski definition) is 4. The van der Waals surface area contributed by atoms with Gasteiger partial charge in [-0.15, -0.1) is 0 Å². The molecule has 1 aromatic heterocycles. The summed E-state index contributed by atoms with van der Waals surface area (Å²) in [4.78, 5) is 19.7. The summed E-state index contributed by atoms with van der Waals surface area (Å²) in [6.07, 6.45) is 1.56. The number of aromatic amines is 1. The fraction of sp³-hybridized carbons (Fsp3) is 0.500. The van der Waals surface area contributed by atoms with Gasteiger partial charge in [-0.3, -0.25) is 0 Å². The largest absolute Gasteiger partial charge is 0.462 e. The minimum absolute atomic E-state index is 0.310. The summed E-state index contributed by atoms with van der Waals surface area (Å²) in [5, 5.41) is 3.77. The van der Waals surface area contributed by atoms with Crippen LogP contribution in [0, 0.1) is 13.8 Å². The van der Waals surface area contributed by atoms with E-state index in [4.69, 9.17) is 9.57 Å². The highest BCUT2D eigenvalue weighted by Crippen LogP contribution is 2.17. The Hall–Kier alpha value is -1.78. The minimum atomic E-state index is -0.310. The van der Waals surface area contributed by atoms with Crippen LogP contribution in [-0.2, 0) is 9.57 Å². The maximum absolute atomic E-state index is 11.7. The number of carbonyl (C=O) groups excluding carboxylic acids is 1. The van der Waals surface area contributed by atoms with E-state index >= 15 is 0 Å². The maximum Gasteiger partial charge on any atom is 0.340 e. The number of carbonyl (C=O) groups is 1. The predicted octanol–water partition coefficient (Wildman–Crippen LogP) is 2.18. The topological polar surface area (TPSA) is 63.7 Å². The van der Waals surface area contributed by atoms with E-state index < -0.39 is 0 Å². The van der Waals surface area contributed by atoms with Crippen LogP contribution < -0.4 is 0 Å². The number of aromatic nitrogens is 1. The van der Waals surface area contributed by atoms with E-state index in [1.165, 1.54) is 0 Å². The van der Waals surface area contributed by atoms with Crippen molar-refractivity contribution < 1.29 is 14.4 Å². The third-order valence-electron chi connectivity index (χ3n) is 2.34. The molecule has 0 saturated carbocycles. The lowest BCUT2D eigenvalue weighted by atomic mass is 10.1. The smallest absolute Gasteiger partial charge is 0.340 e. The van der Waals surface area contributed by atoms with Gasteiger partial charge in [0, 0.05) is 5.69 Å². The zero-order valence-electron chi connectivity index (χ0n) is 10.7. The first kappa shape index (κ1) is 13.3. The molecule has 0 bridgehead atoms. The van der Waals surface area contributed by atoms with Crippen LogP contribution in [0.2, 0.25) is 0 Å². The van der Waals surface area contributed by atoms with Gasteiger partial charge in [-0.2, -0.15) is 0 Å². The molecule has 5 nitrogen and oxygen atoms in total. The van der Waals surface area contributed by atoms with Gasteiger partial charge in [0.15, 0.2) is 0 Å². The van der Waals surface area contributed by atoms with Crippen LogP contribution in [0.25, 0.3) is 0 Å². The highest BCUT2D eigenvalue weighted by molar-refractivity contribution is 5.95. The summed E-state index contributed by atoms with van der Waals surface area (Å²) >= 11 is 0. The van der Waals surface area contributed by atoms with Crippen molar-refractivity contribution in [2.75, 3.05) is 13.2 Å². The molecule has 0 atom stereocenters. The third kappa shape index (κ3) is 3.09. The molecule has 0 aliphatic heterocycles. The molecule has 0 unspecified atom stereocenters. The van der Waals surface area contributed by atoms with Crippen LogP contribution in [0.3, 0.4) is 0 Å². The molecular weight excluding hydrogens is 220 g/mol. The van der Waals surface area contributed by atoms with E-state index in [9.17, 15) is 4.79 Å². The van der Waals surface area contributed by atoms with Crippen molar-refractivity contribution in [1.29, 1.82) is 0 Å². The van der Waals surface area contributed by atoms with Crippen molar-refractivity contribution in [1.82, 2.24) is 4.98 Å². The number of nitrogens with one attached hydrogen (secondary N) is 1. The number of aryl methyl sites for hydroxylation is 1. The van der Waals surface area contributed by atoms with Gasteiger partial charge in [-0.05, 0) is 33.3 Å². The second-order valence-electron chi connectivity index (χ2n) is 3.54. The summed E-state index contributed by atoms with van der Waals surface area (Å²) in [5.41, 5.74) is 2.94. The zero-order chi connectivity index (χ0) is 12.8. The van der Waals surface area contributed by atoms with Crippen LogP contribution >= 0.6 is 0 Å². The SMILES string of the molecule is CCON=Cc1[nH]c(C)c(C(=O)OCC)c1C. The Labute approximate surface area is 101 Å². The monoisotopic (exact) mass is 238 g/mol. The quantitative estimate of drug-likeness (QED) is 0.486. The van der Waals surface area contributed by atoms with Gasteiger partial charge in [-0.25, -0.2) is 4.79 Å². The molecule has 1 rings (SSSR count). The normalized spacial score (nSPS) is 10.8. The summed E-state index contributed by atoms with van der Waals surface area (Å²) in [6, 6.07) is 0. The summed E-state index contributed by atoms with van der Waals surface area (Å²) in [5.74, 6) is -0.310. The molecular formula is C12H18N2O3. The molecule has 1 heterocycles. The standard InChI is InChI=1S/C12H18N2O3/c1-5-16-12(15)11-8(3)10(14-9(11)4)7-13-17-6-2/h7,14H,5-6H2,1-4H3. The van der Waals surface area contributed by atoms with E-state index in [-0.39, 0.29) is 5.97 Å². The summed E-state index contributed by atoms with van der Waals surface area (Å²) in [6.45, 7) is 8.20. The Balaban J connectivity index is 2.97.